The van der Waals surface area contributed by atoms with Crippen LogP contribution in [0.5, 0.6) is 0 Å². The summed E-state index contributed by atoms with van der Waals surface area (Å²) in [6, 6.07) is 9.46. The highest BCUT2D eigenvalue weighted by Crippen LogP contribution is 2.32. The molecule has 0 saturated carbocycles. The van der Waals surface area contributed by atoms with Gasteiger partial charge in [0.15, 0.2) is 10.9 Å². The number of halogens is 1. The number of nitrogens with one attached hydrogen (secondary N) is 1. The summed E-state index contributed by atoms with van der Waals surface area (Å²) >= 11 is 1.53. The summed E-state index contributed by atoms with van der Waals surface area (Å²) in [5.74, 6) is 0.130. The predicted molar refractivity (Wildman–Crippen MR) is 145 cm³/mol. The highest BCUT2D eigenvalue weighted by atomic mass is 32.1. The van der Waals surface area contributed by atoms with E-state index in [1.54, 1.807) is 24.4 Å². The maximum absolute atomic E-state index is 14.7. The van der Waals surface area contributed by atoms with E-state index in [0.29, 0.717) is 36.1 Å². The molecule has 37 heavy (non-hydrogen) atoms. The van der Waals surface area contributed by atoms with E-state index in [-0.39, 0.29) is 17.5 Å². The maximum Gasteiger partial charge on any atom is 0.255 e. The van der Waals surface area contributed by atoms with Crippen LogP contribution < -0.4 is 10.2 Å². The second-order valence-corrected chi connectivity index (χ2v) is 10.5. The lowest BCUT2D eigenvalue weighted by Crippen LogP contribution is -2.50. The Bertz CT molecular complexity index is 1410. The van der Waals surface area contributed by atoms with Gasteiger partial charge in [0.2, 0.25) is 5.95 Å². The largest absolute Gasteiger partial charge is 0.354 e. The molecule has 0 radical (unpaired) electrons. The molecule has 1 aromatic carbocycles. The van der Waals surface area contributed by atoms with Crippen LogP contribution in [-0.2, 0) is 0 Å². The lowest BCUT2D eigenvalue weighted by molar-refractivity contribution is 0.0595. The lowest BCUT2D eigenvalue weighted by Gasteiger charge is -2.36. The monoisotopic (exact) mass is 520 g/mol. The number of hydrogen-bond donors (Lipinski definition) is 1. The van der Waals surface area contributed by atoms with Gasteiger partial charge in [0, 0.05) is 58.1 Å². The van der Waals surface area contributed by atoms with Crippen molar-refractivity contribution in [2.45, 2.75) is 19.9 Å². The second-order valence-electron chi connectivity index (χ2n) is 9.44. The SMILES string of the molecule is CC(C)N1CCN(C(=O)c2ccc(Nc3ncc(F)c(-c4ccc5nc(N(C)C)sc5c4)n3)nc2)CC1. The molecule has 0 spiro atoms. The molecule has 3 aromatic heterocycles. The number of benzene rings is 1. The summed E-state index contributed by atoms with van der Waals surface area (Å²) in [5.41, 5.74) is 2.20. The van der Waals surface area contributed by atoms with Crippen molar-refractivity contribution in [3.8, 4) is 11.3 Å². The van der Waals surface area contributed by atoms with Gasteiger partial charge < -0.3 is 15.1 Å². The smallest absolute Gasteiger partial charge is 0.255 e. The van der Waals surface area contributed by atoms with Crippen LogP contribution in [0.2, 0.25) is 0 Å². The van der Waals surface area contributed by atoms with E-state index >= 15 is 0 Å². The van der Waals surface area contributed by atoms with Gasteiger partial charge in [0.25, 0.3) is 5.91 Å². The number of fused-ring (bicyclic) bond motifs is 1. The number of piperazine rings is 1. The van der Waals surface area contributed by atoms with E-state index in [1.807, 2.05) is 36.0 Å². The van der Waals surface area contributed by atoms with Crippen LogP contribution in [0.15, 0.2) is 42.7 Å². The van der Waals surface area contributed by atoms with Crippen LogP contribution in [-0.4, -0.2) is 82.0 Å². The number of carbonyl (C=O) groups is 1. The van der Waals surface area contributed by atoms with Gasteiger partial charge in [-0.3, -0.25) is 9.69 Å². The zero-order valence-electron chi connectivity index (χ0n) is 21.3. The fraction of sp³-hybridized carbons (Fsp3) is 0.346. The molecule has 1 fully saturated rings. The zero-order chi connectivity index (χ0) is 26.1. The highest BCUT2D eigenvalue weighted by Gasteiger charge is 2.23. The minimum Gasteiger partial charge on any atom is -0.354 e. The average molecular weight is 521 g/mol. The Morgan fingerprint density at radius 2 is 1.84 bits per heavy atom. The molecule has 4 aromatic rings. The van der Waals surface area contributed by atoms with Gasteiger partial charge in [-0.15, -0.1) is 0 Å². The van der Waals surface area contributed by atoms with Crippen molar-refractivity contribution >= 4 is 44.4 Å². The van der Waals surface area contributed by atoms with Gasteiger partial charge in [0.05, 0.1) is 22.0 Å². The molecule has 0 bridgehead atoms. The normalized spacial score (nSPS) is 14.4. The third-order valence-corrected chi connectivity index (χ3v) is 7.55. The fourth-order valence-electron chi connectivity index (χ4n) is 4.21. The molecule has 9 nitrogen and oxygen atoms in total. The predicted octanol–water partition coefficient (Wildman–Crippen LogP) is 4.26. The van der Waals surface area contributed by atoms with E-state index in [2.05, 4.69) is 44.0 Å². The number of aromatic nitrogens is 4. The third-order valence-electron chi connectivity index (χ3n) is 6.36. The first kappa shape index (κ1) is 25.0. The van der Waals surface area contributed by atoms with Gasteiger partial charge in [-0.25, -0.2) is 24.3 Å². The number of nitrogens with zero attached hydrogens (tertiary/aromatic N) is 7. The first-order valence-electron chi connectivity index (χ1n) is 12.2. The Balaban J connectivity index is 1.30. The Kier molecular flexibility index (Phi) is 6.98. The molecule has 192 valence electrons. The first-order chi connectivity index (χ1) is 17.8. The fourth-order valence-corrected chi connectivity index (χ4v) is 5.14. The molecule has 0 unspecified atom stereocenters. The summed E-state index contributed by atoms with van der Waals surface area (Å²) in [7, 11) is 3.87. The maximum atomic E-state index is 14.7. The first-order valence-corrected chi connectivity index (χ1v) is 13.0. The molecule has 4 heterocycles. The minimum atomic E-state index is -0.520. The summed E-state index contributed by atoms with van der Waals surface area (Å²) in [6.07, 6.45) is 2.69. The highest BCUT2D eigenvalue weighted by molar-refractivity contribution is 7.22. The number of amides is 1. The van der Waals surface area contributed by atoms with E-state index in [4.69, 9.17) is 0 Å². The van der Waals surface area contributed by atoms with E-state index in [9.17, 15) is 9.18 Å². The number of anilines is 3. The standard InChI is InChI=1S/C26H29FN8OS/c1-16(2)34-9-11-35(12-10-34)24(36)18-6-8-22(28-14-18)31-25-29-15-19(27)23(32-25)17-5-7-20-21(13-17)37-26(30-20)33(3)4/h5-8,13-16H,9-12H2,1-4H3,(H,28,29,31,32). The molecule has 5 rings (SSSR count). The number of rotatable bonds is 6. The Morgan fingerprint density at radius 1 is 1.05 bits per heavy atom. The van der Waals surface area contributed by atoms with Gasteiger partial charge in [-0.1, -0.05) is 17.4 Å². The third kappa shape index (κ3) is 5.37. The van der Waals surface area contributed by atoms with E-state index < -0.39 is 5.82 Å². The van der Waals surface area contributed by atoms with Gasteiger partial charge in [-0.05, 0) is 38.1 Å². The Labute approximate surface area is 219 Å². The molecular weight excluding hydrogens is 491 g/mol. The van der Waals surface area contributed by atoms with Crippen molar-refractivity contribution < 1.29 is 9.18 Å². The number of hydrogen-bond acceptors (Lipinski definition) is 9. The number of thiazole rings is 1. The Hall–Kier alpha value is -3.70. The summed E-state index contributed by atoms with van der Waals surface area (Å²) in [5, 5.41) is 3.89. The molecule has 0 aliphatic carbocycles. The van der Waals surface area contributed by atoms with Gasteiger partial charge in [-0.2, -0.15) is 0 Å². The van der Waals surface area contributed by atoms with Gasteiger partial charge >= 0.3 is 0 Å². The number of pyridine rings is 1. The molecule has 1 N–H and O–H groups in total. The quantitative estimate of drug-likeness (QED) is 0.403. The average Bonchev–Trinajstić information content (AvgIpc) is 3.34. The lowest BCUT2D eigenvalue weighted by atomic mass is 10.1. The van der Waals surface area contributed by atoms with Crippen LogP contribution in [0.4, 0.5) is 21.3 Å². The minimum absolute atomic E-state index is 0.0290. The van der Waals surface area contributed by atoms with Crippen LogP contribution in [0.25, 0.3) is 21.5 Å². The molecule has 1 amide bonds. The van der Waals surface area contributed by atoms with Crippen LogP contribution in [0, 0.1) is 5.82 Å². The molecular formula is C26H29FN8OS. The molecule has 0 atom stereocenters. The van der Waals surface area contributed by atoms with Crippen LogP contribution in [0.3, 0.4) is 0 Å². The zero-order valence-corrected chi connectivity index (χ0v) is 22.1. The summed E-state index contributed by atoms with van der Waals surface area (Å²) < 4.78 is 15.6. The molecule has 11 heteroatoms. The van der Waals surface area contributed by atoms with Crippen molar-refractivity contribution in [3.63, 3.8) is 0 Å². The van der Waals surface area contributed by atoms with Gasteiger partial charge in [0.1, 0.15) is 11.5 Å². The van der Waals surface area contributed by atoms with E-state index in [1.165, 1.54) is 11.3 Å². The van der Waals surface area contributed by atoms with Crippen LogP contribution >= 0.6 is 11.3 Å². The van der Waals surface area contributed by atoms with Crippen molar-refractivity contribution in [2.75, 3.05) is 50.5 Å². The van der Waals surface area contributed by atoms with Crippen molar-refractivity contribution in [3.05, 3.63) is 54.1 Å². The molecule has 1 aliphatic heterocycles. The summed E-state index contributed by atoms with van der Waals surface area (Å²) in [4.78, 5) is 36.5. The molecule has 1 saturated heterocycles. The van der Waals surface area contributed by atoms with Crippen molar-refractivity contribution in [2.24, 2.45) is 0 Å². The summed E-state index contributed by atoms with van der Waals surface area (Å²) in [6.45, 7) is 7.48. The van der Waals surface area contributed by atoms with Crippen molar-refractivity contribution in [1.82, 2.24) is 29.7 Å². The topological polar surface area (TPSA) is 90.4 Å². The van der Waals surface area contributed by atoms with Crippen molar-refractivity contribution in [1.29, 1.82) is 0 Å². The number of carbonyl (C=O) groups excluding carboxylic acids is 1. The van der Waals surface area contributed by atoms with Crippen LogP contribution in [0.1, 0.15) is 24.2 Å². The Morgan fingerprint density at radius 3 is 2.51 bits per heavy atom. The molecule has 1 aliphatic rings. The van der Waals surface area contributed by atoms with E-state index in [0.717, 1.165) is 34.6 Å². The second kappa shape index (κ2) is 10.3.